The van der Waals surface area contributed by atoms with Crippen LogP contribution < -0.4 is 5.73 Å². The molecule has 1 aliphatic rings. The van der Waals surface area contributed by atoms with E-state index in [-0.39, 0.29) is 5.91 Å². The second-order valence-electron chi connectivity index (χ2n) is 5.64. The van der Waals surface area contributed by atoms with Gasteiger partial charge in [-0.25, -0.2) is 4.98 Å². The number of aryl methyl sites for hydroxylation is 2. The number of nitrogens with zero attached hydrogens (tertiary/aromatic N) is 2. The molecular formula is C15H25N3O2. The molecule has 2 rings (SSSR count). The lowest BCUT2D eigenvalue weighted by Crippen LogP contribution is -2.40. The highest BCUT2D eigenvalue weighted by Crippen LogP contribution is 2.20. The monoisotopic (exact) mass is 279 g/mol. The third-order valence-corrected chi connectivity index (χ3v) is 3.90. The summed E-state index contributed by atoms with van der Waals surface area (Å²) in [5.41, 5.74) is 5.61. The number of likely N-dealkylation sites (tertiary alicyclic amines) is 1. The number of amides is 1. The summed E-state index contributed by atoms with van der Waals surface area (Å²) < 4.78 is 5.41. The molecule has 0 radical (unpaired) electrons. The molecule has 2 N–H and O–H groups in total. The lowest BCUT2D eigenvalue weighted by molar-refractivity contribution is -0.133. The number of carbonyl (C=O) groups excluding carboxylic acids is 1. The van der Waals surface area contributed by atoms with Crippen molar-refractivity contribution in [3.63, 3.8) is 0 Å². The Morgan fingerprint density at radius 3 is 3.15 bits per heavy atom. The second kappa shape index (κ2) is 7.43. The highest BCUT2D eigenvalue weighted by Gasteiger charge is 2.22. The van der Waals surface area contributed by atoms with Gasteiger partial charge in [-0.05, 0) is 45.1 Å². The van der Waals surface area contributed by atoms with Gasteiger partial charge < -0.3 is 15.1 Å². The van der Waals surface area contributed by atoms with E-state index in [2.05, 4.69) is 4.98 Å². The summed E-state index contributed by atoms with van der Waals surface area (Å²) in [6, 6.07) is 0. The maximum absolute atomic E-state index is 12.2. The van der Waals surface area contributed by atoms with Crippen molar-refractivity contribution in [2.45, 2.75) is 45.4 Å². The van der Waals surface area contributed by atoms with E-state index in [0.717, 1.165) is 57.0 Å². The van der Waals surface area contributed by atoms with Crippen LogP contribution in [0.25, 0.3) is 0 Å². The summed E-state index contributed by atoms with van der Waals surface area (Å²) in [6.45, 7) is 4.38. The molecule has 0 spiro atoms. The average Bonchev–Trinajstić information content (AvgIpc) is 2.85. The fraction of sp³-hybridized carbons (Fsp3) is 0.733. The van der Waals surface area contributed by atoms with Crippen LogP contribution in [0.4, 0.5) is 0 Å². The van der Waals surface area contributed by atoms with Gasteiger partial charge in [0.05, 0.1) is 6.20 Å². The molecule has 5 nitrogen and oxygen atoms in total. The van der Waals surface area contributed by atoms with Gasteiger partial charge in [-0.2, -0.15) is 0 Å². The van der Waals surface area contributed by atoms with Crippen molar-refractivity contribution in [2.75, 3.05) is 19.6 Å². The van der Waals surface area contributed by atoms with Crippen LogP contribution in [0.5, 0.6) is 0 Å². The number of oxazole rings is 1. The minimum absolute atomic E-state index is 0.259. The Hall–Kier alpha value is -1.36. The summed E-state index contributed by atoms with van der Waals surface area (Å²) in [5.74, 6) is 2.41. The lowest BCUT2D eigenvalue weighted by atomic mass is 9.94. The maximum Gasteiger partial charge on any atom is 0.222 e. The zero-order valence-corrected chi connectivity index (χ0v) is 12.3. The molecule has 2 heterocycles. The van der Waals surface area contributed by atoms with Crippen LogP contribution >= 0.6 is 0 Å². The summed E-state index contributed by atoms with van der Waals surface area (Å²) in [4.78, 5) is 18.3. The normalized spacial score (nSPS) is 19.3. The first-order valence-electron chi connectivity index (χ1n) is 7.58. The first-order chi connectivity index (χ1) is 9.69. The molecule has 1 saturated heterocycles. The van der Waals surface area contributed by atoms with Gasteiger partial charge in [0, 0.05) is 25.9 Å². The largest absolute Gasteiger partial charge is 0.446 e. The van der Waals surface area contributed by atoms with Crippen molar-refractivity contribution < 1.29 is 9.21 Å². The fourth-order valence-electron chi connectivity index (χ4n) is 2.83. The summed E-state index contributed by atoms with van der Waals surface area (Å²) in [5, 5.41) is 0. The number of carbonyl (C=O) groups is 1. The maximum atomic E-state index is 12.2. The van der Waals surface area contributed by atoms with Crippen LogP contribution in [0.2, 0.25) is 0 Å². The van der Waals surface area contributed by atoms with E-state index in [9.17, 15) is 4.79 Å². The third-order valence-electron chi connectivity index (χ3n) is 3.90. The molecule has 1 unspecified atom stereocenters. The molecule has 1 aromatic rings. The van der Waals surface area contributed by atoms with E-state index in [0.29, 0.717) is 12.3 Å². The third kappa shape index (κ3) is 4.34. The quantitative estimate of drug-likeness (QED) is 0.863. The minimum atomic E-state index is 0.259. The molecule has 1 fully saturated rings. The predicted molar refractivity (Wildman–Crippen MR) is 77.2 cm³/mol. The molecule has 1 aromatic heterocycles. The van der Waals surface area contributed by atoms with Crippen LogP contribution in [0.3, 0.4) is 0 Å². The molecule has 0 bridgehead atoms. The molecule has 5 heteroatoms. The van der Waals surface area contributed by atoms with Gasteiger partial charge in [-0.1, -0.05) is 0 Å². The molecular weight excluding hydrogens is 254 g/mol. The number of rotatable bonds is 6. The van der Waals surface area contributed by atoms with Crippen molar-refractivity contribution in [1.82, 2.24) is 9.88 Å². The van der Waals surface area contributed by atoms with Gasteiger partial charge in [0.2, 0.25) is 5.91 Å². The Morgan fingerprint density at radius 2 is 2.45 bits per heavy atom. The average molecular weight is 279 g/mol. The van der Waals surface area contributed by atoms with Crippen molar-refractivity contribution in [3.8, 4) is 0 Å². The Labute approximate surface area is 120 Å². The SMILES string of the molecule is Cc1cnc(CCCC(=O)N2CCCC(CCN)C2)o1. The Balaban J connectivity index is 1.71. The summed E-state index contributed by atoms with van der Waals surface area (Å²) in [6.07, 6.45) is 7.18. The minimum Gasteiger partial charge on any atom is -0.446 e. The van der Waals surface area contributed by atoms with E-state index in [1.807, 2.05) is 11.8 Å². The van der Waals surface area contributed by atoms with Crippen molar-refractivity contribution in [1.29, 1.82) is 0 Å². The Kier molecular flexibility index (Phi) is 5.59. The van der Waals surface area contributed by atoms with Crippen molar-refractivity contribution in [2.24, 2.45) is 11.7 Å². The van der Waals surface area contributed by atoms with Gasteiger partial charge in [0.25, 0.3) is 0 Å². The first kappa shape index (κ1) is 15.0. The van der Waals surface area contributed by atoms with Gasteiger partial charge in [-0.15, -0.1) is 0 Å². The molecule has 0 aromatic carbocycles. The van der Waals surface area contributed by atoms with E-state index < -0.39 is 0 Å². The van der Waals surface area contributed by atoms with Gasteiger partial charge in [0.15, 0.2) is 5.89 Å². The van der Waals surface area contributed by atoms with E-state index in [1.54, 1.807) is 6.20 Å². The number of hydrogen-bond donors (Lipinski definition) is 1. The molecule has 112 valence electrons. The topological polar surface area (TPSA) is 72.4 Å². The van der Waals surface area contributed by atoms with E-state index >= 15 is 0 Å². The number of aromatic nitrogens is 1. The molecule has 20 heavy (non-hydrogen) atoms. The zero-order chi connectivity index (χ0) is 14.4. The predicted octanol–water partition coefficient (Wildman–Crippen LogP) is 1.89. The highest BCUT2D eigenvalue weighted by atomic mass is 16.3. The van der Waals surface area contributed by atoms with Crippen LogP contribution in [0.15, 0.2) is 10.6 Å². The van der Waals surface area contributed by atoms with Gasteiger partial charge in [-0.3, -0.25) is 4.79 Å². The summed E-state index contributed by atoms with van der Waals surface area (Å²) in [7, 11) is 0. The van der Waals surface area contributed by atoms with E-state index in [1.165, 1.54) is 6.42 Å². The second-order valence-corrected chi connectivity index (χ2v) is 5.64. The van der Waals surface area contributed by atoms with Crippen molar-refractivity contribution >= 4 is 5.91 Å². The molecule has 1 aliphatic heterocycles. The lowest BCUT2D eigenvalue weighted by Gasteiger charge is -2.32. The number of hydrogen-bond acceptors (Lipinski definition) is 4. The molecule has 1 amide bonds. The van der Waals surface area contributed by atoms with Gasteiger partial charge in [0.1, 0.15) is 5.76 Å². The van der Waals surface area contributed by atoms with Crippen LogP contribution in [0.1, 0.15) is 43.8 Å². The Morgan fingerprint density at radius 1 is 1.60 bits per heavy atom. The number of nitrogens with two attached hydrogens (primary N) is 1. The zero-order valence-electron chi connectivity index (χ0n) is 12.3. The Bertz CT molecular complexity index is 429. The molecule has 1 atom stereocenters. The first-order valence-corrected chi connectivity index (χ1v) is 7.58. The standard InChI is InChI=1S/C15H25N3O2/c1-12-10-17-14(20-12)5-2-6-15(19)18-9-3-4-13(11-18)7-8-16/h10,13H,2-9,11,16H2,1H3. The molecule has 0 saturated carbocycles. The number of piperidine rings is 1. The highest BCUT2D eigenvalue weighted by molar-refractivity contribution is 5.76. The van der Waals surface area contributed by atoms with Crippen LogP contribution in [-0.4, -0.2) is 35.4 Å². The van der Waals surface area contributed by atoms with Gasteiger partial charge >= 0.3 is 0 Å². The fourth-order valence-corrected chi connectivity index (χ4v) is 2.83. The molecule has 0 aliphatic carbocycles. The van der Waals surface area contributed by atoms with Crippen LogP contribution in [-0.2, 0) is 11.2 Å². The van der Waals surface area contributed by atoms with E-state index in [4.69, 9.17) is 10.2 Å². The van der Waals surface area contributed by atoms with Crippen molar-refractivity contribution in [3.05, 3.63) is 17.8 Å². The van der Waals surface area contributed by atoms with Crippen LogP contribution in [0, 0.1) is 12.8 Å². The summed E-state index contributed by atoms with van der Waals surface area (Å²) >= 11 is 0. The smallest absolute Gasteiger partial charge is 0.222 e.